The molecule has 0 unspecified atom stereocenters. The molecule has 0 saturated heterocycles. The summed E-state index contributed by atoms with van der Waals surface area (Å²) in [4.78, 5) is 11.7. The Morgan fingerprint density at radius 2 is 2.05 bits per heavy atom. The fourth-order valence-electron chi connectivity index (χ4n) is 1.66. The average molecular weight is 263 g/mol. The van der Waals surface area contributed by atoms with E-state index in [2.05, 4.69) is 5.32 Å². The van der Waals surface area contributed by atoms with Crippen molar-refractivity contribution in [2.24, 2.45) is 0 Å². The number of hydrogen-bond acceptors (Lipinski definition) is 2. The summed E-state index contributed by atoms with van der Waals surface area (Å²) in [7, 11) is 0. The van der Waals surface area contributed by atoms with E-state index in [0.717, 1.165) is 18.8 Å². The summed E-state index contributed by atoms with van der Waals surface area (Å²) in [5.74, 6) is 0.375. The minimum atomic E-state index is -0.344. The van der Waals surface area contributed by atoms with Crippen LogP contribution in [0.2, 0.25) is 0 Å². The highest BCUT2D eigenvalue weighted by Crippen LogP contribution is 2.01. The molecule has 0 bridgehead atoms. The number of amides is 1. The number of carbonyl (C=O) groups is 1. The van der Waals surface area contributed by atoms with Crippen molar-refractivity contribution >= 4 is 5.91 Å². The van der Waals surface area contributed by atoms with Crippen LogP contribution < -0.4 is 10.6 Å². The summed E-state index contributed by atoms with van der Waals surface area (Å²) in [5.41, 5.74) is 0.465. The number of benzene rings is 1. The second kappa shape index (κ2) is 6.70. The molecule has 0 spiro atoms. The second-order valence-electron chi connectivity index (χ2n) is 4.12. The first-order chi connectivity index (χ1) is 9.25. The average Bonchev–Trinajstić information content (AvgIpc) is 2.92. The van der Waals surface area contributed by atoms with Gasteiger partial charge in [0.05, 0.1) is 19.4 Å². The van der Waals surface area contributed by atoms with Gasteiger partial charge in [0.15, 0.2) is 5.76 Å². The molecular weight excluding hydrogens is 247 g/mol. The number of halogens is 1. The molecule has 0 atom stereocenters. The van der Waals surface area contributed by atoms with Gasteiger partial charge in [0.1, 0.15) is 12.4 Å². The number of furan rings is 1. The van der Waals surface area contributed by atoms with Gasteiger partial charge in [-0.05, 0) is 36.4 Å². The molecule has 2 rings (SSSR count). The number of hydrogen-bond donors (Lipinski definition) is 2. The maximum atomic E-state index is 12.7. The van der Waals surface area contributed by atoms with Crippen molar-refractivity contribution in [2.45, 2.75) is 6.54 Å². The molecule has 100 valence electrons. The molecule has 0 fully saturated rings. The standard InChI is InChI=1S/C14H15FN2O2/c15-12-5-3-11(4-6-12)14(18)17-8-7-16-10-13-2-1-9-19-13/h1-6,9,16H,7-8,10H2,(H,17,18)/p+1. The molecule has 0 saturated carbocycles. The van der Waals surface area contributed by atoms with E-state index in [-0.39, 0.29) is 11.7 Å². The number of carbonyl (C=O) groups excluding carboxylic acids is 1. The lowest BCUT2D eigenvalue weighted by atomic mass is 10.2. The van der Waals surface area contributed by atoms with Crippen LogP contribution in [0.3, 0.4) is 0 Å². The molecule has 0 aliphatic rings. The van der Waals surface area contributed by atoms with E-state index in [0.29, 0.717) is 12.1 Å². The molecule has 5 heteroatoms. The predicted molar refractivity (Wildman–Crippen MR) is 67.9 cm³/mol. The molecule has 0 aliphatic heterocycles. The first-order valence-electron chi connectivity index (χ1n) is 6.13. The third kappa shape index (κ3) is 4.22. The van der Waals surface area contributed by atoms with Crippen molar-refractivity contribution in [3.05, 3.63) is 59.8 Å². The highest BCUT2D eigenvalue weighted by molar-refractivity contribution is 5.94. The zero-order valence-electron chi connectivity index (χ0n) is 10.4. The number of rotatable bonds is 6. The minimum Gasteiger partial charge on any atom is -0.463 e. The Hall–Kier alpha value is -2.14. The predicted octanol–water partition coefficient (Wildman–Crippen LogP) is 0.912. The third-order valence-corrected chi connectivity index (χ3v) is 2.67. The molecule has 19 heavy (non-hydrogen) atoms. The molecule has 3 N–H and O–H groups in total. The topological polar surface area (TPSA) is 58.9 Å². The molecule has 2 aromatic rings. The zero-order valence-corrected chi connectivity index (χ0v) is 10.4. The van der Waals surface area contributed by atoms with E-state index < -0.39 is 0 Å². The van der Waals surface area contributed by atoms with Gasteiger partial charge in [0, 0.05) is 5.56 Å². The van der Waals surface area contributed by atoms with Crippen LogP contribution in [0.25, 0.3) is 0 Å². The van der Waals surface area contributed by atoms with E-state index >= 15 is 0 Å². The summed E-state index contributed by atoms with van der Waals surface area (Å²) in [6.07, 6.45) is 1.64. The Morgan fingerprint density at radius 1 is 1.26 bits per heavy atom. The van der Waals surface area contributed by atoms with Crippen LogP contribution in [0.1, 0.15) is 16.1 Å². The van der Waals surface area contributed by atoms with Gasteiger partial charge in [0.25, 0.3) is 5.91 Å². The van der Waals surface area contributed by atoms with Gasteiger partial charge in [-0.3, -0.25) is 4.79 Å². The van der Waals surface area contributed by atoms with Crippen molar-refractivity contribution in [1.29, 1.82) is 0 Å². The lowest BCUT2D eigenvalue weighted by Gasteiger charge is -2.04. The van der Waals surface area contributed by atoms with E-state index in [9.17, 15) is 9.18 Å². The van der Waals surface area contributed by atoms with Crippen molar-refractivity contribution < 1.29 is 18.9 Å². The summed E-state index contributed by atoms with van der Waals surface area (Å²) >= 11 is 0. The van der Waals surface area contributed by atoms with Crippen LogP contribution in [0.15, 0.2) is 47.1 Å². The highest BCUT2D eigenvalue weighted by atomic mass is 19.1. The van der Waals surface area contributed by atoms with E-state index in [1.807, 2.05) is 17.4 Å². The van der Waals surface area contributed by atoms with Crippen LogP contribution in [0, 0.1) is 5.82 Å². The smallest absolute Gasteiger partial charge is 0.251 e. The minimum absolute atomic E-state index is 0.189. The monoisotopic (exact) mass is 263 g/mol. The first kappa shape index (κ1) is 13.3. The van der Waals surface area contributed by atoms with Crippen molar-refractivity contribution in [2.75, 3.05) is 13.1 Å². The summed E-state index contributed by atoms with van der Waals surface area (Å²) in [6, 6.07) is 9.25. The molecule has 0 aliphatic carbocycles. The van der Waals surface area contributed by atoms with Gasteiger partial charge in [-0.15, -0.1) is 0 Å². The molecular formula is C14H16FN2O2+. The fourth-order valence-corrected chi connectivity index (χ4v) is 1.66. The van der Waals surface area contributed by atoms with Crippen LogP contribution in [-0.4, -0.2) is 19.0 Å². The Kier molecular flexibility index (Phi) is 4.69. The van der Waals surface area contributed by atoms with Crippen LogP contribution in [0.4, 0.5) is 4.39 Å². The maximum Gasteiger partial charge on any atom is 0.251 e. The van der Waals surface area contributed by atoms with E-state index in [1.165, 1.54) is 24.3 Å². The van der Waals surface area contributed by atoms with Gasteiger partial charge in [-0.25, -0.2) is 4.39 Å². The molecule has 0 radical (unpaired) electrons. The molecule has 1 amide bonds. The number of quaternary nitrogens is 1. The van der Waals surface area contributed by atoms with E-state index in [1.54, 1.807) is 6.26 Å². The van der Waals surface area contributed by atoms with E-state index in [4.69, 9.17) is 4.42 Å². The second-order valence-corrected chi connectivity index (χ2v) is 4.12. The Morgan fingerprint density at radius 3 is 2.74 bits per heavy atom. The lowest BCUT2D eigenvalue weighted by Crippen LogP contribution is -2.84. The third-order valence-electron chi connectivity index (χ3n) is 2.67. The van der Waals surface area contributed by atoms with Crippen molar-refractivity contribution in [1.82, 2.24) is 5.32 Å². The Labute approximate surface area is 110 Å². The quantitative estimate of drug-likeness (QED) is 0.761. The Bertz CT molecular complexity index is 509. The van der Waals surface area contributed by atoms with Crippen LogP contribution in [-0.2, 0) is 6.54 Å². The molecule has 4 nitrogen and oxygen atoms in total. The lowest BCUT2D eigenvalue weighted by molar-refractivity contribution is -0.670. The van der Waals surface area contributed by atoms with Gasteiger partial charge in [-0.1, -0.05) is 0 Å². The molecule has 1 aromatic heterocycles. The number of nitrogens with two attached hydrogens (primary N) is 1. The summed E-state index contributed by atoms with van der Waals surface area (Å²) in [6.45, 7) is 2.06. The highest BCUT2D eigenvalue weighted by Gasteiger charge is 2.05. The van der Waals surface area contributed by atoms with Crippen LogP contribution >= 0.6 is 0 Å². The largest absolute Gasteiger partial charge is 0.463 e. The van der Waals surface area contributed by atoms with Crippen molar-refractivity contribution in [3.63, 3.8) is 0 Å². The normalized spacial score (nSPS) is 10.4. The molecule has 1 aromatic carbocycles. The zero-order chi connectivity index (χ0) is 13.5. The van der Waals surface area contributed by atoms with Crippen molar-refractivity contribution in [3.8, 4) is 0 Å². The van der Waals surface area contributed by atoms with Gasteiger partial charge < -0.3 is 15.1 Å². The van der Waals surface area contributed by atoms with Gasteiger partial charge in [0.2, 0.25) is 0 Å². The SMILES string of the molecule is O=C(NCC[NH2+]Cc1ccco1)c1ccc(F)cc1. The molecule has 1 heterocycles. The summed E-state index contributed by atoms with van der Waals surface area (Å²) < 4.78 is 17.9. The van der Waals surface area contributed by atoms with Gasteiger partial charge in [-0.2, -0.15) is 0 Å². The fraction of sp³-hybridized carbons (Fsp3) is 0.214. The maximum absolute atomic E-state index is 12.7. The van der Waals surface area contributed by atoms with Gasteiger partial charge >= 0.3 is 0 Å². The van der Waals surface area contributed by atoms with Crippen LogP contribution in [0.5, 0.6) is 0 Å². The summed E-state index contributed by atoms with van der Waals surface area (Å²) in [5, 5.41) is 4.82. The first-order valence-corrected chi connectivity index (χ1v) is 6.13. The Balaban J connectivity index is 1.65. The number of nitrogens with one attached hydrogen (secondary N) is 1.